The molecule has 1 aliphatic carbocycles. The minimum Gasteiger partial charge on any atom is -0.543 e. The maximum absolute atomic E-state index is 13.2. The summed E-state index contributed by atoms with van der Waals surface area (Å²) in [5.41, 5.74) is 15.7. The van der Waals surface area contributed by atoms with Crippen LogP contribution in [-0.4, -0.2) is 78.0 Å². The first-order valence-electron chi connectivity index (χ1n) is 12.8. The lowest BCUT2D eigenvalue weighted by atomic mass is 10.0. The molecule has 0 spiro atoms. The molecule has 1 saturated carbocycles. The van der Waals surface area contributed by atoms with E-state index >= 15 is 0 Å². The average Bonchev–Trinajstić information content (AvgIpc) is 3.68. The number of nitrogens with one attached hydrogen (secondary N) is 1. The molecule has 2 aliphatic heterocycles. The molecule has 2 aromatic rings. The van der Waals surface area contributed by atoms with E-state index in [1.54, 1.807) is 6.07 Å². The Balaban J connectivity index is 1.34. The summed E-state index contributed by atoms with van der Waals surface area (Å²) >= 11 is 3.54. The monoisotopic (exact) mass is 649 g/mol. The van der Waals surface area contributed by atoms with Gasteiger partial charge in [0.05, 0.1) is 23.8 Å². The van der Waals surface area contributed by atoms with Crippen LogP contribution < -0.4 is 32.2 Å². The standard InChI is InChI=1S/C24H27N9O7S3/c1-24(2,21(38)39)40-31-14(11-8-42-22(27)28-11)17(34)30-15-18(35)33-16(20(36)37)9(6-41-19(15)33)7-43-23-29-12(25)5-13(26)32(23)10-3-4-10/h5,8,10,15,19H,3-4,6-7H2,1-2H3,(H8,25,26,27,28,30,34,36,37,38,39)/b31-14-. The molecule has 16 nitrogen and oxygen atoms in total. The smallest absolute Gasteiger partial charge is 0.350 e. The SMILES string of the molecule is CC(C)(O/N=C(\C(=O)NC1C(=O)N2C(C(=O)[O-])=C(CSc3nc(N)cc(N)[n+]3C3CC3)CSC12)c1csc(N)n1)C(=O)O. The van der Waals surface area contributed by atoms with Crippen LogP contribution in [0.4, 0.5) is 16.8 Å². The maximum atomic E-state index is 13.2. The summed E-state index contributed by atoms with van der Waals surface area (Å²) < 4.78 is 1.87. The Morgan fingerprint density at radius 2 is 2.02 bits per heavy atom. The van der Waals surface area contributed by atoms with Crippen molar-refractivity contribution in [3.63, 3.8) is 0 Å². The van der Waals surface area contributed by atoms with Crippen LogP contribution in [-0.2, 0) is 24.0 Å². The summed E-state index contributed by atoms with van der Waals surface area (Å²) in [6, 6.07) is 0.662. The Bertz CT molecular complexity index is 1590. The number of hydrogen-bond acceptors (Lipinski definition) is 15. The van der Waals surface area contributed by atoms with Gasteiger partial charge < -0.3 is 42.4 Å². The van der Waals surface area contributed by atoms with E-state index in [1.165, 1.54) is 42.8 Å². The number of carbonyl (C=O) groups excluding carboxylic acids is 3. The normalized spacial score (nSPS) is 20.4. The number of β-lactam (4-membered cyclic amide) rings is 1. The fraction of sp³-hybridized carbons (Fsp3) is 0.417. The van der Waals surface area contributed by atoms with Crippen LogP contribution in [0, 0.1) is 0 Å². The minimum atomic E-state index is -1.78. The van der Waals surface area contributed by atoms with Gasteiger partial charge in [0.1, 0.15) is 17.1 Å². The van der Waals surface area contributed by atoms with Crippen LogP contribution >= 0.6 is 34.9 Å². The molecule has 4 heterocycles. The molecule has 19 heteroatoms. The number of fused-ring (bicyclic) bond motifs is 1. The van der Waals surface area contributed by atoms with Crippen molar-refractivity contribution in [2.75, 3.05) is 28.7 Å². The maximum Gasteiger partial charge on any atom is 0.350 e. The van der Waals surface area contributed by atoms with E-state index in [1.807, 2.05) is 4.57 Å². The number of carbonyl (C=O) groups is 4. The molecule has 2 fully saturated rings. The highest BCUT2D eigenvalue weighted by Crippen LogP contribution is 2.41. The number of thioether (sulfide) groups is 2. The molecular weight excluding hydrogens is 623 g/mol. The van der Waals surface area contributed by atoms with Crippen LogP contribution in [0.1, 0.15) is 38.4 Å². The Labute approximate surface area is 256 Å². The number of amides is 2. The summed E-state index contributed by atoms with van der Waals surface area (Å²) in [7, 11) is 0. The van der Waals surface area contributed by atoms with Crippen LogP contribution in [0.2, 0.25) is 0 Å². The highest BCUT2D eigenvalue weighted by molar-refractivity contribution is 8.01. The van der Waals surface area contributed by atoms with Crippen molar-refractivity contribution in [2.24, 2.45) is 5.16 Å². The molecule has 0 radical (unpaired) electrons. The zero-order valence-corrected chi connectivity index (χ0v) is 25.3. The van der Waals surface area contributed by atoms with Crippen molar-refractivity contribution < 1.29 is 38.8 Å². The van der Waals surface area contributed by atoms with Gasteiger partial charge in [0, 0.05) is 16.9 Å². The topological polar surface area (TPSA) is 256 Å². The quantitative estimate of drug-likeness (QED) is 0.0473. The lowest BCUT2D eigenvalue weighted by molar-refractivity contribution is -0.726. The second-order valence-electron chi connectivity index (χ2n) is 10.3. The van der Waals surface area contributed by atoms with Crippen molar-refractivity contribution in [1.29, 1.82) is 0 Å². The Kier molecular flexibility index (Phi) is 8.14. The van der Waals surface area contributed by atoms with Gasteiger partial charge in [-0.15, -0.1) is 23.1 Å². The largest absolute Gasteiger partial charge is 0.543 e. The lowest BCUT2D eigenvalue weighted by Gasteiger charge is -2.50. The molecule has 2 amide bonds. The highest BCUT2D eigenvalue weighted by Gasteiger charge is 2.53. The fourth-order valence-electron chi connectivity index (χ4n) is 4.27. The van der Waals surface area contributed by atoms with Crippen molar-refractivity contribution in [3.05, 3.63) is 28.4 Å². The molecule has 43 heavy (non-hydrogen) atoms. The van der Waals surface area contributed by atoms with Gasteiger partial charge in [-0.05, 0) is 44.0 Å². The summed E-state index contributed by atoms with van der Waals surface area (Å²) in [4.78, 5) is 64.7. The summed E-state index contributed by atoms with van der Waals surface area (Å²) in [6.45, 7) is 2.48. The number of hydrogen-bond donors (Lipinski definition) is 5. The number of carboxylic acid groups (broad SMARTS) is 2. The van der Waals surface area contributed by atoms with E-state index in [-0.39, 0.29) is 39.9 Å². The van der Waals surface area contributed by atoms with Gasteiger partial charge in [0.15, 0.2) is 10.8 Å². The van der Waals surface area contributed by atoms with E-state index in [2.05, 4.69) is 20.4 Å². The Morgan fingerprint density at radius 3 is 2.63 bits per heavy atom. The number of nitrogens with zero attached hydrogens (tertiary/aromatic N) is 5. The fourth-order valence-corrected chi connectivity index (χ4v) is 7.40. The molecule has 5 rings (SSSR count). The third kappa shape index (κ3) is 6.04. The molecule has 3 aliphatic rings. The van der Waals surface area contributed by atoms with Crippen molar-refractivity contribution in [1.82, 2.24) is 20.2 Å². The molecule has 228 valence electrons. The van der Waals surface area contributed by atoms with Gasteiger partial charge in [0.25, 0.3) is 11.8 Å². The number of aliphatic carboxylic acids is 2. The van der Waals surface area contributed by atoms with Crippen LogP contribution in [0.5, 0.6) is 0 Å². The third-order valence-corrected chi connectivity index (χ3v) is 9.73. The molecule has 2 aromatic heterocycles. The Hall–Kier alpha value is -4.10. The van der Waals surface area contributed by atoms with Crippen molar-refractivity contribution >= 4 is 81.1 Å². The van der Waals surface area contributed by atoms with Crippen molar-refractivity contribution in [3.8, 4) is 0 Å². The molecule has 0 bridgehead atoms. The van der Waals surface area contributed by atoms with E-state index in [0.29, 0.717) is 16.5 Å². The van der Waals surface area contributed by atoms with Crippen LogP contribution in [0.25, 0.3) is 0 Å². The number of carboxylic acids is 2. The number of aromatic nitrogens is 3. The summed E-state index contributed by atoms with van der Waals surface area (Å²) in [6.07, 6.45) is 1.89. The average molecular weight is 650 g/mol. The zero-order chi connectivity index (χ0) is 31.2. The summed E-state index contributed by atoms with van der Waals surface area (Å²) in [5.74, 6) is -3.30. The molecule has 0 aromatic carbocycles. The number of anilines is 3. The Morgan fingerprint density at radius 1 is 1.30 bits per heavy atom. The molecular formula is C24H27N9O7S3. The predicted octanol–water partition coefficient (Wildman–Crippen LogP) is -1.31. The molecule has 1 saturated heterocycles. The number of rotatable bonds is 11. The van der Waals surface area contributed by atoms with Gasteiger partial charge >= 0.3 is 11.1 Å². The van der Waals surface area contributed by atoms with Gasteiger partial charge in [-0.3, -0.25) is 14.5 Å². The first kappa shape index (κ1) is 30.4. The van der Waals surface area contributed by atoms with Gasteiger partial charge in [-0.2, -0.15) is 0 Å². The van der Waals surface area contributed by atoms with Crippen LogP contribution in [0.3, 0.4) is 0 Å². The number of nitrogen functional groups attached to an aromatic ring is 3. The van der Waals surface area contributed by atoms with Crippen molar-refractivity contribution in [2.45, 2.75) is 54.9 Å². The van der Waals surface area contributed by atoms with Gasteiger partial charge in [-0.25, -0.2) is 14.3 Å². The highest BCUT2D eigenvalue weighted by atomic mass is 32.2. The van der Waals surface area contributed by atoms with E-state index in [9.17, 15) is 29.4 Å². The number of oxime groups is 1. The third-order valence-electron chi connectivity index (χ3n) is 6.68. The van der Waals surface area contributed by atoms with E-state index in [0.717, 1.165) is 29.1 Å². The zero-order valence-electron chi connectivity index (χ0n) is 22.8. The molecule has 8 N–H and O–H groups in total. The first-order chi connectivity index (χ1) is 20.3. The van der Waals surface area contributed by atoms with Crippen LogP contribution in [0.15, 0.2) is 33.0 Å². The number of nitrogens with two attached hydrogens (primary N) is 3. The van der Waals surface area contributed by atoms with E-state index < -0.39 is 46.5 Å². The second kappa shape index (κ2) is 11.5. The predicted molar refractivity (Wildman–Crippen MR) is 155 cm³/mol. The van der Waals surface area contributed by atoms with Gasteiger partial charge in [0.2, 0.25) is 17.2 Å². The minimum absolute atomic E-state index is 0.00924. The molecule has 2 unspecified atom stereocenters. The lowest BCUT2D eigenvalue weighted by Crippen LogP contribution is -2.71. The number of thiazole rings is 1. The first-order valence-corrected chi connectivity index (χ1v) is 15.7. The van der Waals surface area contributed by atoms with E-state index in [4.69, 9.17) is 22.0 Å². The van der Waals surface area contributed by atoms with Gasteiger partial charge in [-0.1, -0.05) is 10.1 Å². The summed E-state index contributed by atoms with van der Waals surface area (Å²) in [5, 5.41) is 29.2. The second-order valence-corrected chi connectivity index (χ2v) is 13.2. The molecule has 2 atom stereocenters.